The number of rotatable bonds is 3. The summed E-state index contributed by atoms with van der Waals surface area (Å²) in [6, 6.07) is 3.34. The third kappa shape index (κ3) is 2.57. The van der Waals surface area contributed by atoms with Crippen molar-refractivity contribution in [3.63, 3.8) is 0 Å². The lowest BCUT2D eigenvalue weighted by Crippen LogP contribution is -1.98. The van der Waals surface area contributed by atoms with Crippen LogP contribution < -0.4 is 10.5 Å². The van der Waals surface area contributed by atoms with Crippen LogP contribution in [-0.4, -0.2) is 16.8 Å². The first-order valence-corrected chi connectivity index (χ1v) is 3.66. The second-order valence-corrected chi connectivity index (χ2v) is 2.18. The third-order valence-corrected chi connectivity index (χ3v) is 1.22. The van der Waals surface area contributed by atoms with Crippen molar-refractivity contribution in [2.75, 3.05) is 12.3 Å². The number of allylic oxidation sites excluding steroid dienone is 1. The summed E-state index contributed by atoms with van der Waals surface area (Å²) in [4.78, 5) is 0. The summed E-state index contributed by atoms with van der Waals surface area (Å²) in [5.74, 6) is 0.885. The molecule has 4 nitrogen and oxygen atoms in total. The van der Waals surface area contributed by atoms with Crippen molar-refractivity contribution in [3.8, 4) is 5.88 Å². The second-order valence-electron chi connectivity index (χ2n) is 2.18. The zero-order valence-corrected chi connectivity index (χ0v) is 6.90. The van der Waals surface area contributed by atoms with Crippen LogP contribution in [0, 0.1) is 0 Å². The summed E-state index contributed by atoms with van der Waals surface area (Å²) in [6.07, 6.45) is 3.79. The van der Waals surface area contributed by atoms with Crippen LogP contribution in [0.3, 0.4) is 0 Å². The number of hydrogen-bond donors (Lipinski definition) is 1. The molecule has 4 heteroatoms. The SMILES string of the molecule is C/C=C/COc1ccc(N)nn1. The lowest BCUT2D eigenvalue weighted by molar-refractivity contribution is 0.344. The Morgan fingerprint density at radius 3 is 2.92 bits per heavy atom. The summed E-state index contributed by atoms with van der Waals surface area (Å²) in [6.45, 7) is 2.44. The van der Waals surface area contributed by atoms with E-state index in [0.29, 0.717) is 18.3 Å². The largest absolute Gasteiger partial charge is 0.472 e. The molecular weight excluding hydrogens is 154 g/mol. The molecule has 1 heterocycles. The highest BCUT2D eigenvalue weighted by molar-refractivity contribution is 5.27. The molecule has 0 unspecified atom stereocenters. The van der Waals surface area contributed by atoms with Crippen molar-refractivity contribution in [3.05, 3.63) is 24.3 Å². The lowest BCUT2D eigenvalue weighted by atomic mass is 10.5. The van der Waals surface area contributed by atoms with Gasteiger partial charge in [0.25, 0.3) is 0 Å². The van der Waals surface area contributed by atoms with Gasteiger partial charge in [-0.25, -0.2) is 0 Å². The standard InChI is InChI=1S/C8H11N3O/c1-2-3-6-12-8-5-4-7(9)10-11-8/h2-5H,6H2,1H3,(H2,9,10)/b3-2+. The maximum absolute atomic E-state index is 5.34. The summed E-state index contributed by atoms with van der Waals surface area (Å²) in [5.41, 5.74) is 5.34. The minimum atomic E-state index is 0.397. The van der Waals surface area contributed by atoms with Gasteiger partial charge < -0.3 is 10.5 Å². The Morgan fingerprint density at radius 2 is 2.33 bits per heavy atom. The first-order chi connectivity index (χ1) is 5.83. The van der Waals surface area contributed by atoms with Crippen LogP contribution >= 0.6 is 0 Å². The van der Waals surface area contributed by atoms with Crippen molar-refractivity contribution in [1.29, 1.82) is 0 Å². The maximum atomic E-state index is 5.34. The molecular formula is C8H11N3O. The van der Waals surface area contributed by atoms with Crippen LogP contribution in [0.5, 0.6) is 5.88 Å². The monoisotopic (exact) mass is 165 g/mol. The highest BCUT2D eigenvalue weighted by Gasteiger charge is 1.92. The van der Waals surface area contributed by atoms with Crippen LogP contribution in [-0.2, 0) is 0 Å². The predicted molar refractivity (Wildman–Crippen MR) is 46.8 cm³/mol. The Labute approximate surface area is 71.1 Å². The number of nitrogen functional groups attached to an aromatic ring is 1. The van der Waals surface area contributed by atoms with Gasteiger partial charge in [-0.15, -0.1) is 10.2 Å². The quantitative estimate of drug-likeness (QED) is 0.679. The fourth-order valence-electron chi connectivity index (χ4n) is 0.637. The topological polar surface area (TPSA) is 61.0 Å². The van der Waals surface area contributed by atoms with Crippen LogP contribution in [0.1, 0.15) is 6.92 Å². The smallest absolute Gasteiger partial charge is 0.233 e. The Hall–Kier alpha value is -1.58. The van der Waals surface area contributed by atoms with Gasteiger partial charge in [0.15, 0.2) is 0 Å². The van der Waals surface area contributed by atoms with E-state index in [-0.39, 0.29) is 0 Å². The number of aromatic nitrogens is 2. The van der Waals surface area contributed by atoms with Crippen LogP contribution in [0.25, 0.3) is 0 Å². The number of ether oxygens (including phenoxy) is 1. The van der Waals surface area contributed by atoms with Gasteiger partial charge in [-0.2, -0.15) is 0 Å². The number of hydrogen-bond acceptors (Lipinski definition) is 4. The van der Waals surface area contributed by atoms with Gasteiger partial charge in [0.05, 0.1) is 0 Å². The normalized spacial score (nSPS) is 10.4. The fraction of sp³-hybridized carbons (Fsp3) is 0.250. The van der Waals surface area contributed by atoms with E-state index in [0.717, 1.165) is 0 Å². The van der Waals surface area contributed by atoms with E-state index < -0.39 is 0 Å². The van der Waals surface area contributed by atoms with Gasteiger partial charge >= 0.3 is 0 Å². The van der Waals surface area contributed by atoms with Crippen molar-refractivity contribution < 1.29 is 4.74 Å². The van der Waals surface area contributed by atoms with E-state index in [1.807, 2.05) is 19.1 Å². The molecule has 1 rings (SSSR count). The van der Waals surface area contributed by atoms with Gasteiger partial charge in [0.2, 0.25) is 5.88 Å². The van der Waals surface area contributed by atoms with Gasteiger partial charge in [0.1, 0.15) is 12.4 Å². The van der Waals surface area contributed by atoms with Crippen molar-refractivity contribution in [2.24, 2.45) is 0 Å². The molecule has 0 amide bonds. The Bertz CT molecular complexity index is 256. The van der Waals surface area contributed by atoms with Gasteiger partial charge in [-0.3, -0.25) is 0 Å². The summed E-state index contributed by atoms with van der Waals surface area (Å²) in [7, 11) is 0. The summed E-state index contributed by atoms with van der Waals surface area (Å²) >= 11 is 0. The average Bonchev–Trinajstić information content (AvgIpc) is 2.09. The molecule has 0 atom stereocenters. The zero-order chi connectivity index (χ0) is 8.81. The molecule has 0 radical (unpaired) electrons. The first kappa shape index (κ1) is 8.52. The molecule has 1 aromatic rings. The number of nitrogens with zero attached hydrogens (tertiary/aromatic N) is 2. The van der Waals surface area contributed by atoms with Gasteiger partial charge in [-0.1, -0.05) is 12.2 Å². The molecule has 0 spiro atoms. The van der Waals surface area contributed by atoms with Gasteiger partial charge in [-0.05, 0) is 13.0 Å². The molecule has 1 aromatic heterocycles. The first-order valence-electron chi connectivity index (χ1n) is 3.66. The van der Waals surface area contributed by atoms with Crippen LogP contribution in [0.15, 0.2) is 24.3 Å². The highest BCUT2D eigenvalue weighted by Crippen LogP contribution is 2.04. The Balaban J connectivity index is 2.47. The molecule has 0 fully saturated rings. The van der Waals surface area contributed by atoms with E-state index in [9.17, 15) is 0 Å². The minimum absolute atomic E-state index is 0.397. The molecule has 0 aromatic carbocycles. The molecule has 64 valence electrons. The highest BCUT2D eigenvalue weighted by atomic mass is 16.5. The molecule has 0 bridgehead atoms. The minimum Gasteiger partial charge on any atom is -0.472 e. The third-order valence-electron chi connectivity index (χ3n) is 1.22. The Morgan fingerprint density at radius 1 is 1.50 bits per heavy atom. The summed E-state index contributed by atoms with van der Waals surface area (Å²) in [5, 5.41) is 7.36. The molecule has 0 aliphatic rings. The molecule has 0 saturated carbocycles. The van der Waals surface area contributed by atoms with E-state index in [1.165, 1.54) is 0 Å². The maximum Gasteiger partial charge on any atom is 0.233 e. The van der Waals surface area contributed by atoms with Crippen molar-refractivity contribution in [2.45, 2.75) is 6.92 Å². The van der Waals surface area contributed by atoms with E-state index in [2.05, 4.69) is 10.2 Å². The number of anilines is 1. The predicted octanol–water partition coefficient (Wildman–Crippen LogP) is 1.01. The van der Waals surface area contributed by atoms with Gasteiger partial charge in [0, 0.05) is 6.07 Å². The van der Waals surface area contributed by atoms with Crippen molar-refractivity contribution in [1.82, 2.24) is 10.2 Å². The molecule has 0 saturated heterocycles. The van der Waals surface area contributed by atoms with Crippen LogP contribution in [0.4, 0.5) is 5.82 Å². The van der Waals surface area contributed by atoms with E-state index in [1.54, 1.807) is 12.1 Å². The zero-order valence-electron chi connectivity index (χ0n) is 6.90. The fourth-order valence-corrected chi connectivity index (χ4v) is 0.637. The van der Waals surface area contributed by atoms with Crippen molar-refractivity contribution >= 4 is 5.82 Å². The molecule has 2 N–H and O–H groups in total. The van der Waals surface area contributed by atoms with Crippen LogP contribution in [0.2, 0.25) is 0 Å². The molecule has 0 aliphatic carbocycles. The Kier molecular flexibility index (Phi) is 3.07. The molecule has 0 aliphatic heterocycles. The van der Waals surface area contributed by atoms with E-state index >= 15 is 0 Å². The molecule has 12 heavy (non-hydrogen) atoms. The average molecular weight is 165 g/mol. The lowest BCUT2D eigenvalue weighted by Gasteiger charge is -1.99. The second kappa shape index (κ2) is 4.33. The number of nitrogens with two attached hydrogens (primary N) is 1. The summed E-state index contributed by atoms with van der Waals surface area (Å²) < 4.78 is 5.19. The van der Waals surface area contributed by atoms with E-state index in [4.69, 9.17) is 10.5 Å².